The Morgan fingerprint density at radius 3 is 3.29 bits per heavy atom. The number of nitriles is 1. The molecule has 1 aliphatic rings. The zero-order valence-corrected chi connectivity index (χ0v) is 9.72. The van der Waals surface area contributed by atoms with E-state index in [9.17, 15) is 0 Å². The van der Waals surface area contributed by atoms with Gasteiger partial charge in [0.15, 0.2) is 0 Å². The van der Waals surface area contributed by atoms with Gasteiger partial charge in [0.1, 0.15) is 11.6 Å². The van der Waals surface area contributed by atoms with E-state index < -0.39 is 0 Å². The summed E-state index contributed by atoms with van der Waals surface area (Å²) >= 11 is 0. The molecule has 5 nitrogen and oxygen atoms in total. The highest BCUT2D eigenvalue weighted by atomic mass is 16.5. The van der Waals surface area contributed by atoms with Gasteiger partial charge < -0.3 is 10.1 Å². The fourth-order valence-corrected chi connectivity index (χ4v) is 2.00. The molecule has 1 aromatic rings. The summed E-state index contributed by atoms with van der Waals surface area (Å²) in [5.74, 6) is 1.02. The van der Waals surface area contributed by atoms with Gasteiger partial charge in [-0.15, -0.1) is 5.10 Å². The van der Waals surface area contributed by atoms with E-state index in [1.54, 1.807) is 6.07 Å². The predicted octanol–water partition coefficient (Wildman–Crippen LogP) is 1.12. The van der Waals surface area contributed by atoms with Gasteiger partial charge in [-0.1, -0.05) is 0 Å². The first kappa shape index (κ1) is 11.8. The molecule has 1 fully saturated rings. The Bertz CT molecular complexity index is 396. The molecular weight excluding hydrogens is 216 g/mol. The monoisotopic (exact) mass is 232 g/mol. The second-order valence-corrected chi connectivity index (χ2v) is 4.21. The maximum Gasteiger partial charge on any atom is 0.251 e. The molecule has 0 saturated carbocycles. The Morgan fingerprint density at radius 1 is 1.59 bits per heavy atom. The molecule has 1 aromatic heterocycles. The van der Waals surface area contributed by atoms with E-state index in [4.69, 9.17) is 10.00 Å². The van der Waals surface area contributed by atoms with E-state index in [2.05, 4.69) is 15.5 Å². The lowest BCUT2D eigenvalue weighted by molar-refractivity contribution is 0.245. The largest absolute Gasteiger partial charge is 0.476 e. The highest BCUT2D eigenvalue weighted by Crippen LogP contribution is 2.16. The first-order valence-corrected chi connectivity index (χ1v) is 5.95. The molecule has 5 heteroatoms. The first-order chi connectivity index (χ1) is 8.40. The topological polar surface area (TPSA) is 70.8 Å². The molecule has 1 unspecified atom stereocenters. The van der Waals surface area contributed by atoms with Gasteiger partial charge in [0, 0.05) is 0 Å². The van der Waals surface area contributed by atoms with E-state index in [1.165, 1.54) is 19.0 Å². The quantitative estimate of drug-likeness (QED) is 0.842. The molecule has 0 amide bonds. The standard InChI is InChI=1S/C12H16N4O/c13-8-11-3-6-15-16-12(11)17-7-4-10-2-1-5-14-9-10/h3,6,10,14H,1-2,4-5,7,9H2. The van der Waals surface area contributed by atoms with Crippen LogP contribution in [-0.2, 0) is 0 Å². The fraction of sp³-hybridized carbons (Fsp3) is 0.583. The second-order valence-electron chi connectivity index (χ2n) is 4.21. The van der Waals surface area contributed by atoms with Crippen LogP contribution in [0.1, 0.15) is 24.8 Å². The number of ether oxygens (including phenoxy) is 1. The third kappa shape index (κ3) is 3.40. The highest BCUT2D eigenvalue weighted by molar-refractivity contribution is 5.35. The van der Waals surface area contributed by atoms with Gasteiger partial charge in [-0.2, -0.15) is 10.4 Å². The Balaban J connectivity index is 1.79. The lowest BCUT2D eigenvalue weighted by Gasteiger charge is -2.22. The lowest BCUT2D eigenvalue weighted by Crippen LogP contribution is -2.30. The van der Waals surface area contributed by atoms with Crippen LogP contribution < -0.4 is 10.1 Å². The zero-order chi connectivity index (χ0) is 11.9. The van der Waals surface area contributed by atoms with Gasteiger partial charge in [-0.25, -0.2) is 0 Å². The van der Waals surface area contributed by atoms with Crippen LogP contribution in [0.4, 0.5) is 0 Å². The molecule has 1 aliphatic heterocycles. The van der Waals surface area contributed by atoms with Gasteiger partial charge in [0.05, 0.1) is 12.8 Å². The minimum atomic E-state index is 0.346. The van der Waals surface area contributed by atoms with E-state index in [0.717, 1.165) is 19.5 Å². The minimum absolute atomic E-state index is 0.346. The molecule has 1 atom stereocenters. The van der Waals surface area contributed by atoms with Gasteiger partial charge in [0.25, 0.3) is 5.88 Å². The molecule has 0 aromatic carbocycles. The van der Waals surface area contributed by atoms with Crippen LogP contribution in [0.5, 0.6) is 5.88 Å². The van der Waals surface area contributed by atoms with Crippen molar-refractivity contribution in [2.45, 2.75) is 19.3 Å². The molecule has 2 rings (SSSR count). The molecule has 0 bridgehead atoms. The molecule has 17 heavy (non-hydrogen) atoms. The molecule has 1 N–H and O–H groups in total. The van der Waals surface area contributed by atoms with Crippen LogP contribution in [-0.4, -0.2) is 29.9 Å². The van der Waals surface area contributed by atoms with Crippen LogP contribution >= 0.6 is 0 Å². The van der Waals surface area contributed by atoms with Crippen molar-refractivity contribution in [3.05, 3.63) is 17.8 Å². The summed E-state index contributed by atoms with van der Waals surface area (Å²) in [7, 11) is 0. The van der Waals surface area contributed by atoms with Gasteiger partial charge in [-0.05, 0) is 44.3 Å². The Labute approximate surface area is 101 Å². The third-order valence-electron chi connectivity index (χ3n) is 2.97. The smallest absolute Gasteiger partial charge is 0.251 e. The number of aromatic nitrogens is 2. The minimum Gasteiger partial charge on any atom is -0.476 e. The third-order valence-corrected chi connectivity index (χ3v) is 2.97. The van der Waals surface area contributed by atoms with Gasteiger partial charge in [-0.3, -0.25) is 0 Å². The average Bonchev–Trinajstić information content (AvgIpc) is 2.40. The Morgan fingerprint density at radius 2 is 2.53 bits per heavy atom. The van der Waals surface area contributed by atoms with Gasteiger partial charge in [0.2, 0.25) is 0 Å². The number of nitrogens with zero attached hydrogens (tertiary/aromatic N) is 3. The molecule has 0 spiro atoms. The molecule has 0 aliphatic carbocycles. The highest BCUT2D eigenvalue weighted by Gasteiger charge is 2.13. The maximum atomic E-state index is 8.86. The normalized spacial score (nSPS) is 19.6. The maximum absolute atomic E-state index is 8.86. The summed E-state index contributed by atoms with van der Waals surface area (Å²) in [4.78, 5) is 0. The molecular formula is C12H16N4O. The van der Waals surface area contributed by atoms with E-state index >= 15 is 0 Å². The zero-order valence-electron chi connectivity index (χ0n) is 9.72. The summed E-state index contributed by atoms with van der Waals surface area (Å²) in [5, 5.41) is 19.8. The van der Waals surface area contributed by atoms with Crippen molar-refractivity contribution in [3.63, 3.8) is 0 Å². The number of nitrogens with one attached hydrogen (secondary N) is 1. The van der Waals surface area contributed by atoms with Crippen LogP contribution in [0.3, 0.4) is 0 Å². The van der Waals surface area contributed by atoms with E-state index in [0.29, 0.717) is 24.0 Å². The second kappa shape index (κ2) is 6.16. The van der Waals surface area contributed by atoms with Crippen LogP contribution in [0.2, 0.25) is 0 Å². The summed E-state index contributed by atoms with van der Waals surface area (Å²) in [6, 6.07) is 3.66. The van der Waals surface area contributed by atoms with Crippen molar-refractivity contribution in [2.24, 2.45) is 5.92 Å². The molecule has 2 heterocycles. The van der Waals surface area contributed by atoms with Gasteiger partial charge >= 0.3 is 0 Å². The molecule has 1 saturated heterocycles. The van der Waals surface area contributed by atoms with Crippen molar-refractivity contribution in [3.8, 4) is 11.9 Å². The predicted molar refractivity (Wildman–Crippen MR) is 62.5 cm³/mol. The summed E-state index contributed by atoms with van der Waals surface area (Å²) in [6.07, 6.45) is 4.98. The van der Waals surface area contributed by atoms with Crippen molar-refractivity contribution in [1.29, 1.82) is 5.26 Å². The summed E-state index contributed by atoms with van der Waals surface area (Å²) < 4.78 is 5.51. The van der Waals surface area contributed by atoms with Crippen molar-refractivity contribution < 1.29 is 4.74 Å². The average molecular weight is 232 g/mol. The van der Waals surface area contributed by atoms with Crippen molar-refractivity contribution in [2.75, 3.05) is 19.7 Å². The SMILES string of the molecule is N#Cc1ccnnc1OCCC1CCCNC1. The number of rotatable bonds is 4. The fourth-order valence-electron chi connectivity index (χ4n) is 2.00. The number of hydrogen-bond donors (Lipinski definition) is 1. The first-order valence-electron chi connectivity index (χ1n) is 5.95. The van der Waals surface area contributed by atoms with E-state index in [1.807, 2.05) is 6.07 Å². The van der Waals surface area contributed by atoms with E-state index in [-0.39, 0.29) is 0 Å². The lowest BCUT2D eigenvalue weighted by atomic mass is 9.97. The van der Waals surface area contributed by atoms with Crippen molar-refractivity contribution >= 4 is 0 Å². The number of hydrogen-bond acceptors (Lipinski definition) is 5. The number of piperidine rings is 1. The summed E-state index contributed by atoms with van der Waals surface area (Å²) in [6.45, 7) is 2.79. The Kier molecular flexibility index (Phi) is 4.28. The van der Waals surface area contributed by atoms with Crippen LogP contribution in [0, 0.1) is 17.2 Å². The van der Waals surface area contributed by atoms with Crippen molar-refractivity contribution in [1.82, 2.24) is 15.5 Å². The molecule has 90 valence electrons. The Hall–Kier alpha value is -1.67. The molecule has 0 radical (unpaired) electrons. The summed E-state index contributed by atoms with van der Waals surface area (Å²) in [5.41, 5.74) is 0.446. The van der Waals surface area contributed by atoms with Crippen LogP contribution in [0.15, 0.2) is 12.3 Å². The van der Waals surface area contributed by atoms with Crippen LogP contribution in [0.25, 0.3) is 0 Å².